The molecule has 0 unspecified atom stereocenters. The molecule has 0 aliphatic carbocycles. The van der Waals surface area contributed by atoms with Gasteiger partial charge < -0.3 is 113 Å². The Balaban J connectivity index is 3.47. The van der Waals surface area contributed by atoms with E-state index in [0.717, 1.165) is 13.8 Å². The Labute approximate surface area is 483 Å². The first kappa shape index (κ1) is 73.2. The van der Waals surface area contributed by atoms with Crippen LogP contribution in [0.25, 0.3) is 0 Å². The highest BCUT2D eigenvalue weighted by Gasteiger charge is 2.37. The fourth-order valence-corrected chi connectivity index (χ4v) is 7.63. The summed E-state index contributed by atoms with van der Waals surface area (Å²) in [5.41, 5.74) is 38.7. The Kier molecular flexibility index (Phi) is 33.2. The summed E-state index contributed by atoms with van der Waals surface area (Å²) >= 11 is 0. The molecule has 84 heavy (non-hydrogen) atoms. The van der Waals surface area contributed by atoms with E-state index in [0.29, 0.717) is 25.8 Å². The van der Waals surface area contributed by atoms with E-state index < -0.39 is 163 Å². The lowest BCUT2D eigenvalue weighted by molar-refractivity contribution is -0.145. The Morgan fingerprint density at radius 1 is 0.571 bits per heavy atom. The summed E-state index contributed by atoms with van der Waals surface area (Å²) < 4.78 is 0. The number of unbranched alkanes of at least 4 members (excludes halogenated alkanes) is 1. The third-order valence-electron chi connectivity index (χ3n) is 12.5. The molecule has 1 rings (SSSR count). The van der Waals surface area contributed by atoms with Crippen molar-refractivity contribution in [1.29, 1.82) is 0 Å². The average molecular weight is 1200 g/mol. The lowest BCUT2D eigenvalue weighted by atomic mass is 9.98. The molecular weight excluding hydrogens is 1110 g/mol. The van der Waals surface area contributed by atoms with Crippen molar-refractivity contribution >= 4 is 82.9 Å². The molecule has 1 aromatic heterocycles. The van der Waals surface area contributed by atoms with Gasteiger partial charge in [-0.3, -0.25) is 62.7 Å². The normalized spacial score (nSPS) is 15.2. The summed E-state index contributed by atoms with van der Waals surface area (Å²) in [4.78, 5) is 173. The molecule has 12 atom stereocenters. The van der Waals surface area contributed by atoms with Crippen LogP contribution in [-0.2, 0) is 64.0 Å². The summed E-state index contributed by atoms with van der Waals surface area (Å²) in [6, 6.07) is -16.2. The largest absolute Gasteiger partial charge is 0.481 e. The molecule has 1 heterocycles. The number of H-pyrrole nitrogens is 1. The van der Waals surface area contributed by atoms with Crippen LogP contribution in [-0.4, -0.2) is 206 Å². The number of nitrogens with one attached hydrogen (secondary N) is 10. The van der Waals surface area contributed by atoms with Gasteiger partial charge in [0, 0.05) is 31.4 Å². The van der Waals surface area contributed by atoms with Gasteiger partial charge in [0.1, 0.15) is 54.4 Å². The second-order valence-electron chi connectivity index (χ2n) is 19.6. The van der Waals surface area contributed by atoms with E-state index in [9.17, 15) is 78.0 Å². The van der Waals surface area contributed by atoms with Gasteiger partial charge in [-0.05, 0) is 64.8 Å². The van der Waals surface area contributed by atoms with Crippen LogP contribution in [0.1, 0.15) is 97.6 Å². The zero-order valence-electron chi connectivity index (χ0n) is 47.3. The predicted octanol–water partition coefficient (Wildman–Crippen LogP) is -9.25. The molecule has 0 saturated heterocycles. The third-order valence-corrected chi connectivity index (χ3v) is 12.5. The molecule has 0 aliphatic rings. The van der Waals surface area contributed by atoms with Crippen LogP contribution in [0, 0.1) is 5.92 Å². The standard InChI is InChI=1S/C48H84N20O16/c1-5-22(2)35(46(83)84)67-43(80)31(18-34(72)73)65-41(78)29(16-25-19-56-21-59-25)64-39(76)27(11-8-14-57-47(52)53)61-37(74)23(3)60-45(82)36(24(4)70)68-40(77)28(12-9-15-58-48(54)55)62-44(81)32(20-69)66-42(79)30(17-33(51)71)63-38(75)26(50)10-6-7-13-49/h19,21-24,26-32,35-36,69-70H,5-18,20,49-50H2,1-4H3,(H2,51,71)(H,56,59)(H,60,82)(H,61,74)(H,62,81)(H,63,75)(H,64,76)(H,65,78)(H,66,79)(H,67,80)(H,68,77)(H,72,73)(H,83,84)(H4,52,53,57)(H4,54,55,58)/t22-,23-,24+,26-,27-,28-,29-,30-,31-,32-,35-,36-/m0/s1. The minimum atomic E-state index is -1.88. The lowest BCUT2D eigenvalue weighted by Crippen LogP contribution is -2.62. The molecule has 0 bridgehead atoms. The fraction of sp³-hybridized carbons (Fsp3) is 0.646. The number of aromatic amines is 1. The van der Waals surface area contributed by atoms with Gasteiger partial charge in [0.15, 0.2) is 11.9 Å². The van der Waals surface area contributed by atoms with Gasteiger partial charge in [-0.2, -0.15) is 0 Å². The van der Waals surface area contributed by atoms with Crippen LogP contribution >= 0.6 is 0 Å². The smallest absolute Gasteiger partial charge is 0.326 e. The fourth-order valence-electron chi connectivity index (χ4n) is 7.63. The first-order valence-electron chi connectivity index (χ1n) is 26.7. The van der Waals surface area contributed by atoms with Crippen LogP contribution in [0.5, 0.6) is 0 Å². The number of carboxylic acid groups (broad SMARTS) is 2. The number of hydrogen-bond acceptors (Lipinski definition) is 19. The Morgan fingerprint density at radius 2 is 1.04 bits per heavy atom. The van der Waals surface area contributed by atoms with Gasteiger partial charge in [0.2, 0.25) is 59.1 Å². The monoisotopic (exact) mass is 1200 g/mol. The number of hydrogen-bond donors (Lipinski definition) is 21. The van der Waals surface area contributed by atoms with Crippen molar-refractivity contribution in [1.82, 2.24) is 57.8 Å². The molecule has 0 aliphatic heterocycles. The minimum Gasteiger partial charge on any atom is -0.481 e. The average Bonchev–Trinajstić information content (AvgIpc) is 4.09. The zero-order chi connectivity index (χ0) is 63.8. The van der Waals surface area contributed by atoms with E-state index in [1.807, 2.05) is 0 Å². The number of carbonyl (C=O) groups excluding carboxylic acids is 10. The third kappa shape index (κ3) is 27.8. The number of aliphatic imine (C=N–C) groups is 2. The highest BCUT2D eigenvalue weighted by molar-refractivity contribution is 5.99. The number of aliphatic carboxylic acids is 2. The van der Waals surface area contributed by atoms with Crippen LogP contribution in [0.3, 0.4) is 0 Å². The number of amides is 10. The molecule has 36 nitrogen and oxygen atoms in total. The van der Waals surface area contributed by atoms with Gasteiger partial charge in [0.05, 0.1) is 37.9 Å². The molecule has 36 heteroatoms. The quantitative estimate of drug-likeness (QED) is 0.0164. The highest BCUT2D eigenvalue weighted by Crippen LogP contribution is 2.11. The van der Waals surface area contributed by atoms with E-state index >= 15 is 0 Å². The Morgan fingerprint density at radius 3 is 1.52 bits per heavy atom. The van der Waals surface area contributed by atoms with Gasteiger partial charge >= 0.3 is 11.9 Å². The Bertz CT molecular complexity index is 2440. The highest BCUT2D eigenvalue weighted by atomic mass is 16.4. The molecule has 0 fully saturated rings. The molecule has 472 valence electrons. The van der Waals surface area contributed by atoms with Crippen LogP contribution in [0.2, 0.25) is 0 Å². The van der Waals surface area contributed by atoms with Gasteiger partial charge in [-0.1, -0.05) is 26.7 Å². The number of nitrogens with two attached hydrogens (primary N) is 7. The lowest BCUT2D eigenvalue weighted by Gasteiger charge is -2.28. The van der Waals surface area contributed by atoms with Crippen LogP contribution in [0.4, 0.5) is 0 Å². The number of rotatable bonds is 41. The van der Waals surface area contributed by atoms with Crippen molar-refractivity contribution in [3.63, 3.8) is 0 Å². The number of nitrogens with zero attached hydrogens (tertiary/aromatic N) is 3. The van der Waals surface area contributed by atoms with E-state index in [2.05, 4.69) is 67.8 Å². The van der Waals surface area contributed by atoms with Crippen LogP contribution < -0.4 is 88.0 Å². The summed E-state index contributed by atoms with van der Waals surface area (Å²) in [5, 5.41) is 61.1. The first-order chi connectivity index (χ1) is 39.4. The number of guanidine groups is 2. The summed E-state index contributed by atoms with van der Waals surface area (Å²) in [7, 11) is 0. The van der Waals surface area contributed by atoms with E-state index in [1.165, 1.54) is 19.4 Å². The summed E-state index contributed by atoms with van der Waals surface area (Å²) in [5.74, 6) is -15.1. The number of aliphatic hydroxyl groups excluding tert-OH is 2. The van der Waals surface area contributed by atoms with Gasteiger partial charge in [-0.15, -0.1) is 0 Å². The van der Waals surface area contributed by atoms with Crippen molar-refractivity contribution in [2.24, 2.45) is 56.0 Å². The van der Waals surface area contributed by atoms with Crippen molar-refractivity contribution in [2.75, 3.05) is 26.2 Å². The maximum Gasteiger partial charge on any atom is 0.326 e. The zero-order valence-corrected chi connectivity index (χ0v) is 47.3. The number of carboxylic acids is 2. The second-order valence-corrected chi connectivity index (χ2v) is 19.6. The maximum atomic E-state index is 14.1. The maximum absolute atomic E-state index is 14.1. The molecular formula is C48H84N20O16. The van der Waals surface area contributed by atoms with Crippen molar-refractivity contribution in [3.05, 3.63) is 18.2 Å². The predicted molar refractivity (Wildman–Crippen MR) is 298 cm³/mol. The number of imidazole rings is 1. The number of aliphatic hydroxyl groups is 2. The number of aromatic nitrogens is 2. The van der Waals surface area contributed by atoms with E-state index in [-0.39, 0.29) is 69.2 Å². The van der Waals surface area contributed by atoms with Crippen molar-refractivity contribution in [2.45, 2.75) is 165 Å². The molecule has 0 aromatic carbocycles. The summed E-state index contributed by atoms with van der Waals surface area (Å²) in [6.45, 7) is 4.52. The molecule has 1 aromatic rings. The Hall–Kier alpha value is -8.77. The minimum absolute atomic E-state index is 0.0148. The SMILES string of the molecule is CC[C@H](C)[C@H](NC(=O)[C@H](CC(=O)O)NC(=O)[C@H](Cc1cnc[nH]1)NC(=O)[C@H](CCCN=C(N)N)NC(=O)[C@H](C)NC(=O)[C@@H](NC(=O)[C@H](CCCN=C(N)N)NC(=O)[C@H](CO)NC(=O)[C@H](CC(N)=O)NC(=O)[C@@H](N)CCCCN)[C@@H](C)O)C(=O)O. The number of carbonyl (C=O) groups is 12. The van der Waals surface area contributed by atoms with Crippen molar-refractivity contribution < 1.29 is 78.0 Å². The second kappa shape index (κ2) is 38.1. The van der Waals surface area contributed by atoms with Gasteiger partial charge in [0.25, 0.3) is 0 Å². The molecule has 10 amide bonds. The first-order valence-corrected chi connectivity index (χ1v) is 26.7. The van der Waals surface area contributed by atoms with E-state index in [4.69, 9.17) is 40.1 Å². The number of primary amides is 1. The molecule has 28 N–H and O–H groups in total. The van der Waals surface area contributed by atoms with Gasteiger partial charge in [-0.25, -0.2) is 9.78 Å². The van der Waals surface area contributed by atoms with Crippen molar-refractivity contribution in [3.8, 4) is 0 Å². The van der Waals surface area contributed by atoms with E-state index in [1.54, 1.807) is 6.92 Å². The summed E-state index contributed by atoms with van der Waals surface area (Å²) in [6.07, 6.45) is -0.319. The topological polar surface area (TPSA) is 630 Å². The molecule has 0 saturated carbocycles. The van der Waals surface area contributed by atoms with Crippen LogP contribution in [0.15, 0.2) is 22.5 Å². The molecule has 0 spiro atoms. The molecule has 0 radical (unpaired) electrons.